The van der Waals surface area contributed by atoms with E-state index in [0.717, 1.165) is 59.0 Å². The highest BCUT2D eigenvalue weighted by molar-refractivity contribution is 7.92. The molecule has 0 spiro atoms. The number of carbonyl (C=O) groups is 2. The summed E-state index contributed by atoms with van der Waals surface area (Å²) >= 11 is 0. The molecule has 1 N–H and O–H groups in total. The van der Waals surface area contributed by atoms with Crippen LogP contribution in [0.5, 0.6) is 0 Å². The van der Waals surface area contributed by atoms with Gasteiger partial charge in [0.05, 0.1) is 16.9 Å². The molecule has 0 aliphatic heterocycles. The lowest BCUT2D eigenvalue weighted by Crippen LogP contribution is -2.54. The van der Waals surface area contributed by atoms with E-state index in [9.17, 15) is 28.1 Å². The van der Waals surface area contributed by atoms with Crippen LogP contribution in [0.25, 0.3) is 0 Å². The molecule has 1 aliphatic carbocycles. The third-order valence-electron chi connectivity index (χ3n) is 7.93. The van der Waals surface area contributed by atoms with Gasteiger partial charge in [-0.05, 0) is 48.9 Å². The first kappa shape index (κ1) is 31.7. The summed E-state index contributed by atoms with van der Waals surface area (Å²) < 4.78 is 27.0. The fourth-order valence-corrected chi connectivity index (χ4v) is 6.37. The molecule has 0 saturated heterocycles. The van der Waals surface area contributed by atoms with Crippen LogP contribution in [0.15, 0.2) is 72.8 Å². The largest absolute Gasteiger partial charge is 0.352 e. The van der Waals surface area contributed by atoms with Crippen LogP contribution in [0.1, 0.15) is 47.9 Å². The van der Waals surface area contributed by atoms with Gasteiger partial charge in [0.15, 0.2) is 0 Å². The Labute approximate surface area is 252 Å². The summed E-state index contributed by atoms with van der Waals surface area (Å²) in [4.78, 5) is 40.6. The molecule has 0 aromatic heterocycles. The SMILES string of the molecule is Cc1ccccc1CN(C(=O)CN(c1cc([N+](=O)[O-])ccc1C)S(C)(=O)=O)[C@@H](Cc1ccccc1)C(=O)NC1CCCC1. The summed E-state index contributed by atoms with van der Waals surface area (Å²) in [6.45, 7) is 2.99. The first-order valence-electron chi connectivity index (χ1n) is 14.3. The summed E-state index contributed by atoms with van der Waals surface area (Å²) in [5.74, 6) is -0.891. The molecule has 4 rings (SSSR count). The molecular weight excluding hydrogens is 568 g/mol. The number of nitro benzene ring substituents is 1. The predicted molar refractivity (Wildman–Crippen MR) is 166 cm³/mol. The smallest absolute Gasteiger partial charge is 0.271 e. The molecule has 0 radical (unpaired) electrons. The van der Waals surface area contributed by atoms with Crippen molar-refractivity contribution in [2.24, 2.45) is 0 Å². The Kier molecular flexibility index (Phi) is 10.2. The molecule has 43 heavy (non-hydrogen) atoms. The Hall–Kier alpha value is -4.25. The number of sulfonamides is 1. The molecule has 1 saturated carbocycles. The maximum Gasteiger partial charge on any atom is 0.271 e. The van der Waals surface area contributed by atoms with Crippen molar-refractivity contribution in [3.8, 4) is 0 Å². The number of nitrogens with one attached hydrogen (secondary N) is 1. The minimum atomic E-state index is -4.05. The highest BCUT2D eigenvalue weighted by Crippen LogP contribution is 2.28. The zero-order chi connectivity index (χ0) is 31.1. The van der Waals surface area contributed by atoms with E-state index in [4.69, 9.17) is 0 Å². The monoisotopic (exact) mass is 606 g/mol. The number of non-ortho nitro benzene ring substituents is 1. The minimum Gasteiger partial charge on any atom is -0.352 e. The number of aryl methyl sites for hydroxylation is 2. The quantitative estimate of drug-likeness (QED) is 0.236. The highest BCUT2D eigenvalue weighted by Gasteiger charge is 2.35. The average molecular weight is 607 g/mol. The summed E-state index contributed by atoms with van der Waals surface area (Å²) in [6, 6.07) is 19.9. The number of anilines is 1. The fourth-order valence-electron chi connectivity index (χ4n) is 5.47. The summed E-state index contributed by atoms with van der Waals surface area (Å²) in [5, 5.41) is 14.6. The van der Waals surface area contributed by atoms with Gasteiger partial charge in [-0.1, -0.05) is 73.5 Å². The fraction of sp³-hybridized carbons (Fsp3) is 0.375. The van der Waals surface area contributed by atoms with Gasteiger partial charge in [0.2, 0.25) is 21.8 Å². The molecule has 228 valence electrons. The van der Waals surface area contributed by atoms with Gasteiger partial charge in [0.25, 0.3) is 5.69 Å². The van der Waals surface area contributed by atoms with E-state index in [1.807, 2.05) is 61.5 Å². The lowest BCUT2D eigenvalue weighted by molar-refractivity contribution is -0.384. The molecule has 0 heterocycles. The van der Waals surface area contributed by atoms with E-state index in [1.54, 1.807) is 6.92 Å². The number of rotatable bonds is 12. The van der Waals surface area contributed by atoms with Crippen LogP contribution in [0.3, 0.4) is 0 Å². The van der Waals surface area contributed by atoms with Crippen LogP contribution in [-0.4, -0.2) is 54.9 Å². The third-order valence-corrected chi connectivity index (χ3v) is 9.05. The standard InChI is InChI=1S/C32H38N4O6S/c1-23-11-7-8-14-26(23)21-34(30(19-25-12-5-4-6-13-25)32(38)33-27-15-9-10-16-27)31(37)22-35(43(3,41)42)29-20-28(36(39)40)18-17-24(29)2/h4-8,11-14,17-18,20,27,30H,9-10,15-16,19,21-22H2,1-3H3,(H,33,38)/t30-/m0/s1. The van der Waals surface area contributed by atoms with Crippen LogP contribution in [0.2, 0.25) is 0 Å². The van der Waals surface area contributed by atoms with Gasteiger partial charge >= 0.3 is 0 Å². The van der Waals surface area contributed by atoms with Gasteiger partial charge in [-0.15, -0.1) is 0 Å². The summed E-state index contributed by atoms with van der Waals surface area (Å²) in [5.41, 5.74) is 2.79. The van der Waals surface area contributed by atoms with Gasteiger partial charge in [-0.2, -0.15) is 0 Å². The van der Waals surface area contributed by atoms with E-state index in [2.05, 4.69) is 5.32 Å². The highest BCUT2D eigenvalue weighted by atomic mass is 32.2. The third kappa shape index (κ3) is 8.19. The van der Waals surface area contributed by atoms with Crippen LogP contribution in [-0.2, 0) is 32.6 Å². The van der Waals surface area contributed by atoms with Crippen molar-refractivity contribution in [2.75, 3.05) is 17.1 Å². The first-order chi connectivity index (χ1) is 20.4. The van der Waals surface area contributed by atoms with Gasteiger partial charge in [0, 0.05) is 31.1 Å². The Balaban J connectivity index is 1.77. The Morgan fingerprint density at radius 2 is 1.63 bits per heavy atom. The van der Waals surface area contributed by atoms with Crippen molar-refractivity contribution in [3.63, 3.8) is 0 Å². The topological polar surface area (TPSA) is 130 Å². The van der Waals surface area contributed by atoms with Gasteiger partial charge < -0.3 is 10.2 Å². The van der Waals surface area contributed by atoms with Crippen molar-refractivity contribution in [2.45, 2.75) is 64.6 Å². The maximum atomic E-state index is 14.3. The number of amides is 2. The van der Waals surface area contributed by atoms with Crippen molar-refractivity contribution in [1.82, 2.24) is 10.2 Å². The van der Waals surface area contributed by atoms with Crippen LogP contribution in [0.4, 0.5) is 11.4 Å². The summed E-state index contributed by atoms with van der Waals surface area (Å²) in [7, 11) is -4.05. The molecule has 1 atom stereocenters. The van der Waals surface area contributed by atoms with Gasteiger partial charge in [-0.3, -0.25) is 24.0 Å². The van der Waals surface area contributed by atoms with E-state index in [-0.39, 0.29) is 36.3 Å². The van der Waals surface area contributed by atoms with E-state index < -0.39 is 33.4 Å². The lowest BCUT2D eigenvalue weighted by Gasteiger charge is -2.34. The second-order valence-electron chi connectivity index (χ2n) is 11.1. The van der Waals surface area contributed by atoms with E-state index >= 15 is 0 Å². The molecular formula is C32H38N4O6S. The zero-order valence-electron chi connectivity index (χ0n) is 24.7. The number of nitrogens with zero attached hydrogens (tertiary/aromatic N) is 3. The molecule has 3 aromatic carbocycles. The van der Waals surface area contributed by atoms with Crippen molar-refractivity contribution in [3.05, 3.63) is 105 Å². The van der Waals surface area contributed by atoms with Gasteiger partial charge in [-0.25, -0.2) is 8.42 Å². The number of nitro groups is 1. The van der Waals surface area contributed by atoms with E-state index in [1.165, 1.54) is 17.0 Å². The Bertz CT molecular complexity index is 1570. The van der Waals surface area contributed by atoms with Crippen molar-refractivity contribution < 1.29 is 22.9 Å². The lowest BCUT2D eigenvalue weighted by atomic mass is 10.0. The zero-order valence-corrected chi connectivity index (χ0v) is 25.5. The van der Waals surface area contributed by atoms with Crippen LogP contribution >= 0.6 is 0 Å². The van der Waals surface area contributed by atoms with Crippen molar-refractivity contribution in [1.29, 1.82) is 0 Å². The van der Waals surface area contributed by atoms with Crippen LogP contribution in [0, 0.1) is 24.0 Å². The average Bonchev–Trinajstić information content (AvgIpc) is 3.47. The Morgan fingerprint density at radius 3 is 2.26 bits per heavy atom. The molecule has 3 aromatic rings. The maximum absolute atomic E-state index is 14.3. The van der Waals surface area contributed by atoms with E-state index in [0.29, 0.717) is 5.56 Å². The predicted octanol–water partition coefficient (Wildman–Crippen LogP) is 4.68. The molecule has 1 aliphatic rings. The molecule has 0 unspecified atom stereocenters. The number of hydrogen-bond donors (Lipinski definition) is 1. The second kappa shape index (κ2) is 13.8. The Morgan fingerprint density at radius 1 is 0.977 bits per heavy atom. The molecule has 2 amide bonds. The first-order valence-corrected chi connectivity index (χ1v) is 16.2. The number of carbonyl (C=O) groups excluding carboxylic acids is 2. The number of benzene rings is 3. The normalized spacial score (nSPS) is 14.2. The summed E-state index contributed by atoms with van der Waals surface area (Å²) in [6.07, 6.45) is 4.95. The molecule has 11 heteroatoms. The molecule has 10 nitrogen and oxygen atoms in total. The second-order valence-corrected chi connectivity index (χ2v) is 13.0. The molecule has 0 bridgehead atoms. The minimum absolute atomic E-state index is 0.0150. The van der Waals surface area contributed by atoms with Crippen molar-refractivity contribution >= 4 is 33.2 Å². The van der Waals surface area contributed by atoms with Crippen LogP contribution < -0.4 is 9.62 Å². The molecule has 1 fully saturated rings. The number of hydrogen-bond acceptors (Lipinski definition) is 6. The van der Waals surface area contributed by atoms with Gasteiger partial charge in [0.1, 0.15) is 12.6 Å².